The summed E-state index contributed by atoms with van der Waals surface area (Å²) < 4.78 is 19.0. The number of benzene rings is 2. The Morgan fingerprint density at radius 2 is 1.79 bits per heavy atom. The van der Waals surface area contributed by atoms with Crippen LogP contribution in [0, 0.1) is 5.82 Å². The second-order valence-corrected chi connectivity index (χ2v) is 5.29. The first-order valence-electron chi connectivity index (χ1n) is 7.22. The molecular formula is C17H15FN4O2. The number of nitrogens with one attached hydrogen (secondary N) is 1. The fourth-order valence-electron chi connectivity index (χ4n) is 2.09. The Morgan fingerprint density at radius 3 is 2.46 bits per heavy atom. The number of hydrogen-bond acceptors (Lipinski definition) is 5. The molecule has 0 spiro atoms. The second-order valence-electron chi connectivity index (χ2n) is 5.29. The van der Waals surface area contributed by atoms with Crippen molar-refractivity contribution < 1.29 is 13.6 Å². The van der Waals surface area contributed by atoms with Gasteiger partial charge in [0.25, 0.3) is 5.89 Å². The van der Waals surface area contributed by atoms with E-state index < -0.39 is 11.7 Å². The standard InChI is InChI=1S/C17H15FN4O2/c1-22(2)12-9-7-11(8-10-12)19-15(23)17-21-20-16(24-17)13-5-3-4-6-14(13)18/h3-10H,1-2H3,(H,19,23). The lowest BCUT2D eigenvalue weighted by molar-refractivity contribution is 0.0991. The van der Waals surface area contributed by atoms with Gasteiger partial charge in [-0.2, -0.15) is 0 Å². The molecule has 7 heteroatoms. The van der Waals surface area contributed by atoms with Gasteiger partial charge in [-0.1, -0.05) is 12.1 Å². The van der Waals surface area contributed by atoms with Gasteiger partial charge in [0.1, 0.15) is 5.82 Å². The molecule has 3 rings (SSSR count). The van der Waals surface area contributed by atoms with E-state index in [1.165, 1.54) is 12.1 Å². The van der Waals surface area contributed by atoms with Crippen molar-refractivity contribution in [2.75, 3.05) is 24.3 Å². The van der Waals surface area contributed by atoms with Gasteiger partial charge >= 0.3 is 11.8 Å². The molecule has 6 nitrogen and oxygen atoms in total. The van der Waals surface area contributed by atoms with E-state index in [0.717, 1.165) is 5.69 Å². The Morgan fingerprint density at radius 1 is 1.08 bits per heavy atom. The maximum absolute atomic E-state index is 13.7. The molecular weight excluding hydrogens is 311 g/mol. The predicted octanol–water partition coefficient (Wildman–Crippen LogP) is 3.19. The first-order valence-corrected chi connectivity index (χ1v) is 7.22. The molecule has 3 aromatic rings. The van der Waals surface area contributed by atoms with Crippen LogP contribution in [0.5, 0.6) is 0 Å². The Kier molecular flexibility index (Phi) is 4.24. The van der Waals surface area contributed by atoms with Crippen LogP contribution in [0.25, 0.3) is 11.5 Å². The lowest BCUT2D eigenvalue weighted by Crippen LogP contribution is -2.13. The first kappa shape index (κ1) is 15.7. The summed E-state index contributed by atoms with van der Waals surface area (Å²) in [5.74, 6) is -1.32. The molecule has 1 aromatic heterocycles. The fraction of sp³-hybridized carbons (Fsp3) is 0.118. The number of anilines is 2. The molecule has 0 aliphatic carbocycles. The van der Waals surface area contributed by atoms with E-state index in [9.17, 15) is 9.18 Å². The third-order valence-electron chi connectivity index (χ3n) is 3.37. The zero-order chi connectivity index (χ0) is 17.1. The highest BCUT2D eigenvalue weighted by Gasteiger charge is 2.17. The molecule has 2 aromatic carbocycles. The summed E-state index contributed by atoms with van der Waals surface area (Å²) in [4.78, 5) is 14.1. The molecule has 24 heavy (non-hydrogen) atoms. The Labute approximate surface area is 137 Å². The van der Waals surface area contributed by atoms with Gasteiger partial charge < -0.3 is 14.6 Å². The van der Waals surface area contributed by atoms with Crippen LogP contribution in [-0.2, 0) is 0 Å². The summed E-state index contributed by atoms with van der Waals surface area (Å²) in [6.07, 6.45) is 0. The lowest BCUT2D eigenvalue weighted by Gasteiger charge is -2.12. The number of carbonyl (C=O) groups is 1. The molecule has 0 saturated carbocycles. The fourth-order valence-corrected chi connectivity index (χ4v) is 2.09. The van der Waals surface area contributed by atoms with Gasteiger partial charge in [-0.05, 0) is 36.4 Å². The van der Waals surface area contributed by atoms with E-state index in [2.05, 4.69) is 15.5 Å². The van der Waals surface area contributed by atoms with Crippen molar-refractivity contribution in [1.82, 2.24) is 10.2 Å². The summed E-state index contributed by atoms with van der Waals surface area (Å²) in [7, 11) is 3.85. The van der Waals surface area contributed by atoms with Gasteiger partial charge in [0, 0.05) is 25.5 Å². The highest BCUT2D eigenvalue weighted by molar-refractivity contribution is 6.01. The van der Waals surface area contributed by atoms with Crippen molar-refractivity contribution in [3.8, 4) is 11.5 Å². The van der Waals surface area contributed by atoms with Crippen molar-refractivity contribution in [3.05, 3.63) is 60.2 Å². The zero-order valence-corrected chi connectivity index (χ0v) is 13.2. The highest BCUT2D eigenvalue weighted by atomic mass is 19.1. The summed E-state index contributed by atoms with van der Waals surface area (Å²) in [5, 5.41) is 10.1. The SMILES string of the molecule is CN(C)c1ccc(NC(=O)c2nnc(-c3ccccc3F)o2)cc1. The smallest absolute Gasteiger partial charge is 0.313 e. The van der Waals surface area contributed by atoms with Crippen molar-refractivity contribution in [1.29, 1.82) is 0 Å². The van der Waals surface area contributed by atoms with Crippen LogP contribution >= 0.6 is 0 Å². The minimum Gasteiger partial charge on any atom is -0.412 e. The maximum atomic E-state index is 13.7. The van der Waals surface area contributed by atoms with Crippen LogP contribution < -0.4 is 10.2 Å². The number of amides is 1. The Balaban J connectivity index is 1.75. The number of halogens is 1. The Hall–Kier alpha value is -3.22. The molecule has 0 atom stereocenters. The lowest BCUT2D eigenvalue weighted by atomic mass is 10.2. The van der Waals surface area contributed by atoms with Crippen LogP contribution in [0.2, 0.25) is 0 Å². The number of hydrogen-bond donors (Lipinski definition) is 1. The van der Waals surface area contributed by atoms with Crippen LogP contribution in [0.1, 0.15) is 10.7 Å². The molecule has 1 heterocycles. The van der Waals surface area contributed by atoms with Crippen molar-refractivity contribution in [3.63, 3.8) is 0 Å². The van der Waals surface area contributed by atoms with Gasteiger partial charge in [-0.15, -0.1) is 10.2 Å². The van der Waals surface area contributed by atoms with Crippen LogP contribution in [0.15, 0.2) is 52.9 Å². The maximum Gasteiger partial charge on any atom is 0.313 e. The minimum atomic E-state index is -0.553. The zero-order valence-electron chi connectivity index (χ0n) is 13.2. The summed E-state index contributed by atoms with van der Waals surface area (Å²) in [6, 6.07) is 13.3. The van der Waals surface area contributed by atoms with Gasteiger partial charge in [0.05, 0.1) is 5.56 Å². The van der Waals surface area contributed by atoms with Gasteiger partial charge in [-0.25, -0.2) is 4.39 Å². The van der Waals surface area contributed by atoms with E-state index >= 15 is 0 Å². The van der Waals surface area contributed by atoms with E-state index in [0.29, 0.717) is 5.69 Å². The predicted molar refractivity (Wildman–Crippen MR) is 88.4 cm³/mol. The van der Waals surface area contributed by atoms with Crippen molar-refractivity contribution in [2.24, 2.45) is 0 Å². The molecule has 0 radical (unpaired) electrons. The topological polar surface area (TPSA) is 71.3 Å². The molecule has 0 bridgehead atoms. The molecule has 0 aliphatic heterocycles. The summed E-state index contributed by atoms with van der Waals surface area (Å²) in [6.45, 7) is 0. The highest BCUT2D eigenvalue weighted by Crippen LogP contribution is 2.21. The normalized spacial score (nSPS) is 10.5. The Bertz CT molecular complexity index is 859. The van der Waals surface area contributed by atoms with E-state index in [1.807, 2.05) is 31.1 Å². The molecule has 0 aliphatic rings. The van der Waals surface area contributed by atoms with Gasteiger partial charge in [0.2, 0.25) is 0 Å². The van der Waals surface area contributed by atoms with E-state index in [-0.39, 0.29) is 17.3 Å². The molecule has 1 amide bonds. The van der Waals surface area contributed by atoms with Crippen LogP contribution in [-0.4, -0.2) is 30.2 Å². The quantitative estimate of drug-likeness (QED) is 0.797. The third kappa shape index (κ3) is 3.24. The number of rotatable bonds is 4. The average Bonchev–Trinajstić information content (AvgIpc) is 3.05. The molecule has 0 fully saturated rings. The van der Waals surface area contributed by atoms with Crippen molar-refractivity contribution in [2.45, 2.75) is 0 Å². The minimum absolute atomic E-state index is 0.0406. The number of carbonyl (C=O) groups excluding carboxylic acids is 1. The monoisotopic (exact) mass is 326 g/mol. The molecule has 0 saturated heterocycles. The average molecular weight is 326 g/mol. The third-order valence-corrected chi connectivity index (χ3v) is 3.37. The molecule has 1 N–H and O–H groups in total. The van der Waals surface area contributed by atoms with Gasteiger partial charge in [0.15, 0.2) is 0 Å². The number of nitrogens with zero attached hydrogens (tertiary/aromatic N) is 3. The molecule has 0 unspecified atom stereocenters. The van der Waals surface area contributed by atoms with Crippen LogP contribution in [0.4, 0.5) is 15.8 Å². The van der Waals surface area contributed by atoms with Crippen LogP contribution in [0.3, 0.4) is 0 Å². The largest absolute Gasteiger partial charge is 0.412 e. The summed E-state index contributed by atoms with van der Waals surface area (Å²) >= 11 is 0. The van der Waals surface area contributed by atoms with E-state index in [1.54, 1.807) is 24.3 Å². The first-order chi connectivity index (χ1) is 11.5. The number of aromatic nitrogens is 2. The van der Waals surface area contributed by atoms with Crippen molar-refractivity contribution >= 4 is 17.3 Å². The second kappa shape index (κ2) is 6.49. The van der Waals surface area contributed by atoms with E-state index in [4.69, 9.17) is 4.42 Å². The molecule has 122 valence electrons. The van der Waals surface area contributed by atoms with Gasteiger partial charge in [-0.3, -0.25) is 4.79 Å². The summed E-state index contributed by atoms with van der Waals surface area (Å²) in [5.41, 5.74) is 1.75.